The van der Waals surface area contributed by atoms with Crippen molar-refractivity contribution in [2.24, 2.45) is 0 Å². The number of carbonyl (C=O) groups is 1. The molecule has 0 atom stereocenters. The Morgan fingerprint density at radius 1 is 1.56 bits per heavy atom. The quantitative estimate of drug-likeness (QED) is 0.845. The number of hydrogen-bond donors (Lipinski definition) is 1. The van der Waals surface area contributed by atoms with E-state index in [1.807, 2.05) is 0 Å². The van der Waals surface area contributed by atoms with E-state index in [0.717, 1.165) is 10.6 Å². The van der Waals surface area contributed by atoms with Gasteiger partial charge in [0.25, 0.3) is 0 Å². The van der Waals surface area contributed by atoms with Gasteiger partial charge in [-0.3, -0.25) is 4.40 Å². The fourth-order valence-electron chi connectivity index (χ4n) is 1.29. The van der Waals surface area contributed by atoms with Crippen molar-refractivity contribution in [2.75, 3.05) is 0 Å². The zero-order valence-corrected chi connectivity index (χ0v) is 8.69. The number of carboxylic acid groups (broad SMARTS) is 1. The molecule has 0 radical (unpaired) electrons. The largest absolute Gasteiger partial charge is 0.476 e. The van der Waals surface area contributed by atoms with E-state index in [1.165, 1.54) is 6.92 Å². The Bertz CT molecular complexity index is 570. The minimum Gasteiger partial charge on any atom is -0.476 e. The molecule has 0 amide bonds. The third-order valence-corrected chi connectivity index (χ3v) is 3.07. The maximum absolute atomic E-state index is 12.3. The maximum atomic E-state index is 12.3. The molecule has 0 aliphatic rings. The van der Waals surface area contributed by atoms with Crippen molar-refractivity contribution < 1.29 is 23.1 Å². The van der Waals surface area contributed by atoms with Gasteiger partial charge < -0.3 is 5.11 Å². The second kappa shape index (κ2) is 3.21. The third kappa shape index (κ3) is 1.54. The Labute approximate surface area is 91.0 Å². The van der Waals surface area contributed by atoms with Gasteiger partial charge in [-0.05, 0) is 6.92 Å². The average molecular weight is 250 g/mol. The van der Waals surface area contributed by atoms with E-state index in [9.17, 15) is 18.0 Å². The zero-order valence-electron chi connectivity index (χ0n) is 7.87. The monoisotopic (exact) mass is 250 g/mol. The van der Waals surface area contributed by atoms with Crippen LogP contribution < -0.4 is 0 Å². The Kier molecular flexibility index (Phi) is 2.19. The number of nitrogens with zero attached hydrogens (tertiary/aromatic N) is 2. The van der Waals surface area contributed by atoms with E-state index in [-0.39, 0.29) is 16.3 Å². The summed E-state index contributed by atoms with van der Waals surface area (Å²) in [6.45, 7) is 1.41. The molecule has 2 aromatic rings. The summed E-state index contributed by atoms with van der Waals surface area (Å²) in [5, 5.41) is 8.72. The van der Waals surface area contributed by atoms with Crippen LogP contribution >= 0.6 is 11.3 Å². The van der Waals surface area contributed by atoms with Gasteiger partial charge in [0.15, 0.2) is 10.7 Å². The first-order valence-electron chi connectivity index (χ1n) is 4.09. The van der Waals surface area contributed by atoms with E-state index in [0.29, 0.717) is 11.3 Å². The van der Waals surface area contributed by atoms with Crippen molar-refractivity contribution in [2.45, 2.75) is 13.1 Å². The lowest BCUT2D eigenvalue weighted by atomic mass is 10.3. The molecule has 0 fully saturated rings. The van der Waals surface area contributed by atoms with Crippen molar-refractivity contribution in [1.29, 1.82) is 0 Å². The second-order valence-electron chi connectivity index (χ2n) is 3.10. The van der Waals surface area contributed by atoms with E-state index in [1.54, 1.807) is 0 Å². The van der Waals surface area contributed by atoms with Crippen LogP contribution in [0, 0.1) is 6.92 Å². The van der Waals surface area contributed by atoms with Crippen LogP contribution in [0.1, 0.15) is 21.1 Å². The number of thiazole rings is 1. The summed E-state index contributed by atoms with van der Waals surface area (Å²) in [5.74, 6) is -1.25. The molecule has 2 heterocycles. The van der Waals surface area contributed by atoms with Crippen LogP contribution in [-0.4, -0.2) is 20.5 Å². The molecule has 86 valence electrons. The Morgan fingerprint density at radius 2 is 2.19 bits per heavy atom. The van der Waals surface area contributed by atoms with Gasteiger partial charge in [-0.2, -0.15) is 13.2 Å². The molecule has 1 N–H and O–H groups in total. The normalized spacial score (nSPS) is 12.2. The molecule has 0 aromatic carbocycles. The van der Waals surface area contributed by atoms with Gasteiger partial charge in [-0.25, -0.2) is 9.78 Å². The van der Waals surface area contributed by atoms with Crippen LogP contribution in [0.4, 0.5) is 13.2 Å². The first kappa shape index (κ1) is 10.9. The summed E-state index contributed by atoms with van der Waals surface area (Å²) >= 11 is 0.420. The van der Waals surface area contributed by atoms with Crippen LogP contribution in [0.3, 0.4) is 0 Å². The van der Waals surface area contributed by atoms with Crippen LogP contribution in [0.5, 0.6) is 0 Å². The Balaban J connectivity index is 2.63. The number of fused-ring (bicyclic) bond motifs is 1. The smallest absolute Gasteiger partial charge is 0.427 e. The molecule has 0 aliphatic carbocycles. The summed E-state index contributed by atoms with van der Waals surface area (Å²) in [5.41, 5.74) is -0.0331. The number of carboxylic acids is 1. The summed E-state index contributed by atoms with van der Waals surface area (Å²) < 4.78 is 38.2. The molecular formula is C8H5F3N2O2S. The molecule has 8 heteroatoms. The summed E-state index contributed by atoms with van der Waals surface area (Å²) in [4.78, 5) is 13.5. The molecule has 0 saturated heterocycles. The minimum absolute atomic E-state index is 0.0298. The van der Waals surface area contributed by atoms with Crippen molar-refractivity contribution in [3.8, 4) is 0 Å². The summed E-state index contributed by atoms with van der Waals surface area (Å²) in [6, 6.07) is 0. The van der Waals surface area contributed by atoms with Gasteiger partial charge in [0, 0.05) is 6.20 Å². The minimum atomic E-state index is -4.43. The van der Waals surface area contributed by atoms with E-state index in [4.69, 9.17) is 5.11 Å². The van der Waals surface area contributed by atoms with Crippen LogP contribution in [0.2, 0.25) is 0 Å². The number of hydrogen-bond acceptors (Lipinski definition) is 3. The number of aromatic carboxylic acids is 1. The predicted octanol–water partition coefficient (Wildman–Crippen LogP) is 2.42. The lowest BCUT2D eigenvalue weighted by Crippen LogP contribution is -2.03. The fourth-order valence-corrected chi connectivity index (χ4v) is 2.18. The topological polar surface area (TPSA) is 54.6 Å². The van der Waals surface area contributed by atoms with Crippen molar-refractivity contribution in [3.63, 3.8) is 0 Å². The third-order valence-electron chi connectivity index (χ3n) is 2.05. The molecule has 0 bridgehead atoms. The van der Waals surface area contributed by atoms with Crippen molar-refractivity contribution >= 4 is 22.3 Å². The number of imidazole rings is 1. The second-order valence-corrected chi connectivity index (χ2v) is 4.11. The molecule has 0 aliphatic heterocycles. The number of aromatic nitrogens is 2. The van der Waals surface area contributed by atoms with Crippen molar-refractivity contribution in [3.05, 3.63) is 22.5 Å². The highest BCUT2D eigenvalue weighted by Gasteiger charge is 2.34. The number of rotatable bonds is 1. The van der Waals surface area contributed by atoms with Crippen molar-refractivity contribution in [1.82, 2.24) is 9.38 Å². The molecule has 2 rings (SSSR count). The SMILES string of the molecule is Cc1c(C(=O)O)nc2sc(C(F)(F)F)cn12. The average Bonchev–Trinajstić information content (AvgIpc) is 2.64. The lowest BCUT2D eigenvalue weighted by molar-refractivity contribution is -0.134. The molecule has 4 nitrogen and oxygen atoms in total. The predicted molar refractivity (Wildman–Crippen MR) is 49.8 cm³/mol. The molecule has 0 saturated carbocycles. The summed E-state index contributed by atoms with van der Waals surface area (Å²) in [7, 11) is 0. The highest BCUT2D eigenvalue weighted by molar-refractivity contribution is 7.17. The van der Waals surface area contributed by atoms with Gasteiger partial charge in [0.2, 0.25) is 0 Å². The molecule has 2 aromatic heterocycles. The Hall–Kier alpha value is -1.57. The standard InChI is InChI=1S/C8H5F3N2O2S/c1-3-5(6(14)15)12-7-13(3)2-4(16-7)8(9,10)11/h2H,1H3,(H,14,15). The van der Waals surface area contributed by atoms with E-state index < -0.39 is 17.0 Å². The van der Waals surface area contributed by atoms with Gasteiger partial charge in [-0.1, -0.05) is 11.3 Å². The van der Waals surface area contributed by atoms with Gasteiger partial charge >= 0.3 is 12.1 Å². The molecule has 16 heavy (non-hydrogen) atoms. The molecule has 0 spiro atoms. The van der Waals surface area contributed by atoms with E-state index in [2.05, 4.69) is 4.98 Å². The van der Waals surface area contributed by atoms with Crippen LogP contribution in [-0.2, 0) is 6.18 Å². The Morgan fingerprint density at radius 3 is 2.62 bits per heavy atom. The number of aryl methyl sites for hydroxylation is 1. The maximum Gasteiger partial charge on any atom is 0.427 e. The van der Waals surface area contributed by atoms with Gasteiger partial charge in [-0.15, -0.1) is 0 Å². The summed E-state index contributed by atoms with van der Waals surface area (Å²) in [6.07, 6.45) is -3.57. The van der Waals surface area contributed by atoms with Gasteiger partial charge in [0.1, 0.15) is 4.88 Å². The number of alkyl halides is 3. The zero-order chi connectivity index (χ0) is 12.1. The van der Waals surface area contributed by atoms with Crippen LogP contribution in [0.15, 0.2) is 6.20 Å². The molecule has 0 unspecified atom stereocenters. The lowest BCUT2D eigenvalue weighted by Gasteiger charge is -1.99. The fraction of sp³-hybridized carbons (Fsp3) is 0.250. The number of halogens is 3. The van der Waals surface area contributed by atoms with Crippen LogP contribution in [0.25, 0.3) is 4.96 Å². The van der Waals surface area contributed by atoms with E-state index >= 15 is 0 Å². The van der Waals surface area contributed by atoms with Gasteiger partial charge in [0.05, 0.1) is 5.69 Å². The highest BCUT2D eigenvalue weighted by atomic mass is 32.1. The highest BCUT2D eigenvalue weighted by Crippen LogP contribution is 2.35. The first-order valence-corrected chi connectivity index (χ1v) is 4.91. The first-order chi connectivity index (χ1) is 7.30. The molecular weight excluding hydrogens is 245 g/mol.